The van der Waals surface area contributed by atoms with Crippen LogP contribution in [-0.4, -0.2) is 11.5 Å². The summed E-state index contributed by atoms with van der Waals surface area (Å²) in [7, 11) is 0. The first kappa shape index (κ1) is 13.7. The Bertz CT molecular complexity index is 244. The van der Waals surface area contributed by atoms with Crippen molar-refractivity contribution in [3.8, 4) is 0 Å². The average molecular weight is 240 g/mol. The minimum Gasteiger partial charge on any atom is -0.312 e. The van der Waals surface area contributed by atoms with Crippen LogP contribution in [-0.2, 0) is 6.54 Å². The van der Waals surface area contributed by atoms with E-state index in [4.69, 9.17) is 0 Å². The molecule has 1 aromatic heterocycles. The Morgan fingerprint density at radius 3 is 2.75 bits per heavy atom. The van der Waals surface area contributed by atoms with Crippen molar-refractivity contribution in [3.05, 3.63) is 16.6 Å². The van der Waals surface area contributed by atoms with Crippen LogP contribution in [0, 0.1) is 5.92 Å². The lowest BCUT2D eigenvalue weighted by molar-refractivity contribution is 0.512. The zero-order valence-corrected chi connectivity index (χ0v) is 11.4. The van der Waals surface area contributed by atoms with Gasteiger partial charge in [-0.3, -0.25) is 4.98 Å². The summed E-state index contributed by atoms with van der Waals surface area (Å²) in [5.41, 5.74) is 1.89. The molecule has 0 atom stereocenters. The van der Waals surface area contributed by atoms with E-state index in [0.29, 0.717) is 0 Å². The molecule has 0 radical (unpaired) electrons. The number of unbranched alkanes of at least 4 members (excludes halogenated alkanes) is 3. The van der Waals surface area contributed by atoms with Crippen molar-refractivity contribution in [1.29, 1.82) is 0 Å². The summed E-state index contributed by atoms with van der Waals surface area (Å²) < 4.78 is 0. The molecule has 0 amide bonds. The fourth-order valence-electron chi connectivity index (χ4n) is 1.70. The Morgan fingerprint density at radius 2 is 2.06 bits per heavy atom. The van der Waals surface area contributed by atoms with Crippen LogP contribution in [0.5, 0.6) is 0 Å². The van der Waals surface area contributed by atoms with Crippen molar-refractivity contribution >= 4 is 11.3 Å². The van der Waals surface area contributed by atoms with E-state index in [0.717, 1.165) is 19.0 Å². The standard InChI is InChI=1S/C13H24N2S/c1-12(2)7-5-3-4-6-8-14-9-13-10-15-11-16-13/h10-12,14H,3-9H2,1-2H3. The molecule has 0 spiro atoms. The van der Waals surface area contributed by atoms with E-state index >= 15 is 0 Å². The quantitative estimate of drug-likeness (QED) is 0.663. The molecule has 0 fully saturated rings. The first-order valence-electron chi connectivity index (χ1n) is 6.37. The van der Waals surface area contributed by atoms with Gasteiger partial charge in [0.1, 0.15) is 0 Å². The number of nitrogens with one attached hydrogen (secondary N) is 1. The highest BCUT2D eigenvalue weighted by atomic mass is 32.1. The van der Waals surface area contributed by atoms with E-state index in [1.807, 2.05) is 11.7 Å². The molecular weight excluding hydrogens is 216 g/mol. The van der Waals surface area contributed by atoms with Gasteiger partial charge in [-0.1, -0.05) is 39.5 Å². The normalized spacial score (nSPS) is 11.2. The highest BCUT2D eigenvalue weighted by Crippen LogP contribution is 2.09. The zero-order chi connectivity index (χ0) is 11.6. The van der Waals surface area contributed by atoms with Crippen LogP contribution in [0.2, 0.25) is 0 Å². The Hall–Kier alpha value is -0.410. The van der Waals surface area contributed by atoms with E-state index in [1.54, 1.807) is 11.3 Å². The molecule has 0 aliphatic heterocycles. The maximum absolute atomic E-state index is 4.06. The van der Waals surface area contributed by atoms with Gasteiger partial charge < -0.3 is 5.32 Å². The molecule has 1 heterocycles. The number of thiazole rings is 1. The molecule has 0 saturated carbocycles. The van der Waals surface area contributed by atoms with Crippen LogP contribution in [0.15, 0.2) is 11.7 Å². The predicted octanol–water partition coefficient (Wildman–Crippen LogP) is 3.84. The highest BCUT2D eigenvalue weighted by Gasteiger charge is 1.95. The van der Waals surface area contributed by atoms with Crippen LogP contribution in [0.1, 0.15) is 50.8 Å². The van der Waals surface area contributed by atoms with Gasteiger partial charge in [0.2, 0.25) is 0 Å². The summed E-state index contributed by atoms with van der Waals surface area (Å²) in [6.07, 6.45) is 8.78. The molecule has 0 aromatic carbocycles. The minimum absolute atomic E-state index is 0.865. The van der Waals surface area contributed by atoms with E-state index < -0.39 is 0 Å². The summed E-state index contributed by atoms with van der Waals surface area (Å²) >= 11 is 1.72. The van der Waals surface area contributed by atoms with E-state index in [1.165, 1.54) is 37.0 Å². The molecule has 1 N–H and O–H groups in total. The lowest BCUT2D eigenvalue weighted by atomic mass is 10.0. The van der Waals surface area contributed by atoms with E-state index in [2.05, 4.69) is 24.1 Å². The lowest BCUT2D eigenvalue weighted by Crippen LogP contribution is -2.13. The Kier molecular flexibility index (Phi) is 7.43. The van der Waals surface area contributed by atoms with Crippen molar-refractivity contribution < 1.29 is 0 Å². The van der Waals surface area contributed by atoms with Crippen molar-refractivity contribution in [3.63, 3.8) is 0 Å². The second kappa shape index (κ2) is 8.71. The van der Waals surface area contributed by atoms with Crippen LogP contribution in [0.25, 0.3) is 0 Å². The first-order valence-corrected chi connectivity index (χ1v) is 7.25. The molecule has 0 saturated heterocycles. The first-order chi connectivity index (χ1) is 7.79. The van der Waals surface area contributed by atoms with Crippen molar-refractivity contribution in [1.82, 2.24) is 10.3 Å². The van der Waals surface area contributed by atoms with Gasteiger partial charge in [-0.25, -0.2) is 0 Å². The third-order valence-corrected chi connectivity index (χ3v) is 3.45. The third kappa shape index (κ3) is 6.96. The van der Waals surface area contributed by atoms with Gasteiger partial charge in [0.15, 0.2) is 0 Å². The van der Waals surface area contributed by atoms with Gasteiger partial charge in [-0.05, 0) is 18.9 Å². The summed E-state index contributed by atoms with van der Waals surface area (Å²) in [6, 6.07) is 0. The molecule has 16 heavy (non-hydrogen) atoms. The number of rotatable bonds is 9. The van der Waals surface area contributed by atoms with Crippen molar-refractivity contribution in [2.24, 2.45) is 5.92 Å². The van der Waals surface area contributed by atoms with Crippen LogP contribution in [0.4, 0.5) is 0 Å². The van der Waals surface area contributed by atoms with Gasteiger partial charge in [0.05, 0.1) is 5.51 Å². The molecule has 0 aliphatic carbocycles. The molecule has 92 valence electrons. The Morgan fingerprint density at radius 1 is 1.25 bits per heavy atom. The maximum Gasteiger partial charge on any atom is 0.0794 e. The predicted molar refractivity (Wildman–Crippen MR) is 71.7 cm³/mol. The Balaban J connectivity index is 1.82. The molecule has 3 heteroatoms. The minimum atomic E-state index is 0.865. The highest BCUT2D eigenvalue weighted by molar-refractivity contribution is 7.09. The molecular formula is C13H24N2S. The largest absolute Gasteiger partial charge is 0.312 e. The molecule has 2 nitrogen and oxygen atoms in total. The molecule has 1 rings (SSSR count). The smallest absolute Gasteiger partial charge is 0.0794 e. The Labute approximate surface area is 103 Å². The third-order valence-electron chi connectivity index (χ3n) is 2.67. The molecule has 0 aliphatic rings. The van der Waals surface area contributed by atoms with Gasteiger partial charge in [-0.2, -0.15) is 0 Å². The maximum atomic E-state index is 4.06. The van der Waals surface area contributed by atoms with E-state index in [9.17, 15) is 0 Å². The van der Waals surface area contributed by atoms with Crippen molar-refractivity contribution in [2.75, 3.05) is 6.54 Å². The molecule has 1 aromatic rings. The summed E-state index contributed by atoms with van der Waals surface area (Å²) in [4.78, 5) is 5.39. The van der Waals surface area contributed by atoms with Crippen LogP contribution in [0.3, 0.4) is 0 Å². The second-order valence-corrected chi connectivity index (χ2v) is 5.71. The molecule has 0 bridgehead atoms. The fourth-order valence-corrected chi connectivity index (χ4v) is 2.26. The van der Waals surface area contributed by atoms with Gasteiger partial charge in [0.25, 0.3) is 0 Å². The summed E-state index contributed by atoms with van der Waals surface area (Å²) in [6.45, 7) is 6.73. The van der Waals surface area contributed by atoms with Gasteiger partial charge >= 0.3 is 0 Å². The summed E-state index contributed by atoms with van der Waals surface area (Å²) in [5, 5.41) is 3.46. The summed E-state index contributed by atoms with van der Waals surface area (Å²) in [5.74, 6) is 0.865. The number of hydrogen-bond donors (Lipinski definition) is 1. The SMILES string of the molecule is CC(C)CCCCCCNCc1cncs1. The number of hydrogen-bond acceptors (Lipinski definition) is 3. The topological polar surface area (TPSA) is 24.9 Å². The molecule has 0 unspecified atom stereocenters. The van der Waals surface area contributed by atoms with Crippen LogP contribution >= 0.6 is 11.3 Å². The lowest BCUT2D eigenvalue weighted by Gasteiger charge is -2.05. The monoisotopic (exact) mass is 240 g/mol. The van der Waals surface area contributed by atoms with Gasteiger partial charge in [-0.15, -0.1) is 11.3 Å². The van der Waals surface area contributed by atoms with E-state index in [-0.39, 0.29) is 0 Å². The van der Waals surface area contributed by atoms with Crippen LogP contribution < -0.4 is 5.32 Å². The average Bonchev–Trinajstić information content (AvgIpc) is 2.74. The zero-order valence-electron chi connectivity index (χ0n) is 10.5. The second-order valence-electron chi connectivity index (χ2n) is 4.74. The fraction of sp³-hybridized carbons (Fsp3) is 0.769. The number of nitrogens with zero attached hydrogens (tertiary/aromatic N) is 1. The van der Waals surface area contributed by atoms with Gasteiger partial charge in [0, 0.05) is 17.6 Å². The van der Waals surface area contributed by atoms with Crippen molar-refractivity contribution in [2.45, 2.75) is 52.5 Å². The number of aromatic nitrogens is 1.